The molecule has 0 aliphatic carbocycles. The molecule has 0 aromatic heterocycles. The van der Waals surface area contributed by atoms with Crippen molar-refractivity contribution in [1.82, 2.24) is 5.43 Å². The van der Waals surface area contributed by atoms with E-state index in [-0.39, 0.29) is 18.3 Å². The first-order valence-electron chi connectivity index (χ1n) is 6.21. The summed E-state index contributed by atoms with van der Waals surface area (Å²) >= 11 is 3.33. The fourth-order valence-corrected chi connectivity index (χ4v) is 1.81. The Bertz CT molecular complexity index is 644. The third kappa shape index (κ3) is 5.00. The molecule has 4 nitrogen and oxygen atoms in total. The number of hydrogen-bond donors (Lipinski definition) is 2. The predicted molar refractivity (Wildman–Crippen MR) is 84.8 cm³/mol. The van der Waals surface area contributed by atoms with Crippen LogP contribution < -0.4 is 10.7 Å². The second-order valence-corrected chi connectivity index (χ2v) is 5.09. The summed E-state index contributed by atoms with van der Waals surface area (Å²) in [6.07, 6.45) is 1.27. The van der Waals surface area contributed by atoms with Crippen molar-refractivity contribution in [3.63, 3.8) is 0 Å². The zero-order chi connectivity index (χ0) is 15.1. The van der Waals surface area contributed by atoms with Crippen LogP contribution in [0, 0.1) is 5.82 Å². The highest BCUT2D eigenvalue weighted by Crippen LogP contribution is 2.13. The van der Waals surface area contributed by atoms with Gasteiger partial charge in [0.1, 0.15) is 5.82 Å². The molecular weight excluding hydrogens is 337 g/mol. The third-order valence-corrected chi connectivity index (χ3v) is 3.12. The zero-order valence-electron chi connectivity index (χ0n) is 11.0. The van der Waals surface area contributed by atoms with Crippen molar-refractivity contribution < 1.29 is 9.18 Å². The van der Waals surface area contributed by atoms with E-state index >= 15 is 0 Å². The first kappa shape index (κ1) is 15.2. The van der Waals surface area contributed by atoms with Crippen LogP contribution in [-0.2, 0) is 4.79 Å². The van der Waals surface area contributed by atoms with E-state index in [0.717, 1.165) is 10.2 Å². The van der Waals surface area contributed by atoms with E-state index in [1.54, 1.807) is 18.2 Å². The van der Waals surface area contributed by atoms with Crippen LogP contribution in [0.1, 0.15) is 5.56 Å². The van der Waals surface area contributed by atoms with Gasteiger partial charge in [-0.1, -0.05) is 34.1 Å². The minimum absolute atomic E-state index is 0.0796. The lowest BCUT2D eigenvalue weighted by Crippen LogP contribution is -2.25. The Kier molecular flexibility index (Phi) is 5.45. The van der Waals surface area contributed by atoms with Crippen LogP contribution in [0.15, 0.2) is 58.1 Å². The Morgan fingerprint density at radius 2 is 1.90 bits per heavy atom. The normalized spacial score (nSPS) is 10.6. The van der Waals surface area contributed by atoms with Crippen LogP contribution in [0.25, 0.3) is 0 Å². The molecule has 21 heavy (non-hydrogen) atoms. The summed E-state index contributed by atoms with van der Waals surface area (Å²) in [5.41, 5.74) is 3.48. The highest BCUT2D eigenvalue weighted by molar-refractivity contribution is 9.10. The number of nitrogens with one attached hydrogen (secondary N) is 2. The van der Waals surface area contributed by atoms with Gasteiger partial charge in [0.05, 0.1) is 12.8 Å². The van der Waals surface area contributed by atoms with Crippen molar-refractivity contribution in [2.45, 2.75) is 0 Å². The quantitative estimate of drug-likeness (QED) is 0.643. The first-order valence-corrected chi connectivity index (χ1v) is 7.00. The number of hydrogen-bond acceptors (Lipinski definition) is 3. The summed E-state index contributed by atoms with van der Waals surface area (Å²) in [7, 11) is 0. The van der Waals surface area contributed by atoms with Gasteiger partial charge in [-0.05, 0) is 30.3 Å². The molecule has 2 rings (SSSR count). The van der Waals surface area contributed by atoms with Crippen molar-refractivity contribution in [3.8, 4) is 0 Å². The lowest BCUT2D eigenvalue weighted by molar-refractivity contribution is -0.119. The van der Waals surface area contributed by atoms with Crippen molar-refractivity contribution in [1.29, 1.82) is 0 Å². The van der Waals surface area contributed by atoms with E-state index in [4.69, 9.17) is 0 Å². The SMILES string of the molecule is O=C(CNc1ccc(Br)cc1)NN=Cc1ccccc1F. The Labute approximate surface area is 130 Å². The van der Waals surface area contributed by atoms with Gasteiger partial charge in [0.2, 0.25) is 0 Å². The maximum Gasteiger partial charge on any atom is 0.259 e. The van der Waals surface area contributed by atoms with Gasteiger partial charge in [-0.2, -0.15) is 5.10 Å². The van der Waals surface area contributed by atoms with E-state index in [1.807, 2.05) is 24.3 Å². The average Bonchev–Trinajstić information content (AvgIpc) is 2.49. The van der Waals surface area contributed by atoms with Gasteiger partial charge in [-0.25, -0.2) is 9.82 Å². The molecule has 2 aromatic carbocycles. The molecular formula is C15H13BrFN3O. The molecule has 0 aliphatic rings. The lowest BCUT2D eigenvalue weighted by Gasteiger charge is -2.05. The monoisotopic (exact) mass is 349 g/mol. The molecule has 2 N–H and O–H groups in total. The van der Waals surface area contributed by atoms with Gasteiger partial charge in [0.25, 0.3) is 5.91 Å². The van der Waals surface area contributed by atoms with E-state index in [1.165, 1.54) is 12.3 Å². The van der Waals surface area contributed by atoms with Crippen LogP contribution in [0.3, 0.4) is 0 Å². The van der Waals surface area contributed by atoms with Crippen molar-refractivity contribution in [3.05, 3.63) is 64.4 Å². The van der Waals surface area contributed by atoms with E-state index in [2.05, 4.69) is 31.8 Å². The topological polar surface area (TPSA) is 53.5 Å². The van der Waals surface area contributed by atoms with Crippen molar-refractivity contribution >= 4 is 33.7 Å². The van der Waals surface area contributed by atoms with Gasteiger partial charge in [0, 0.05) is 15.7 Å². The fourth-order valence-electron chi connectivity index (χ4n) is 1.54. The number of benzene rings is 2. The van der Waals surface area contributed by atoms with E-state index in [0.29, 0.717) is 5.56 Å². The van der Waals surface area contributed by atoms with E-state index < -0.39 is 0 Å². The van der Waals surface area contributed by atoms with Gasteiger partial charge in [-0.15, -0.1) is 0 Å². The summed E-state index contributed by atoms with van der Waals surface area (Å²) in [6, 6.07) is 13.6. The Morgan fingerprint density at radius 3 is 2.62 bits per heavy atom. The number of anilines is 1. The molecule has 1 amide bonds. The largest absolute Gasteiger partial charge is 0.376 e. The summed E-state index contributed by atoms with van der Waals surface area (Å²) < 4.78 is 14.3. The molecule has 108 valence electrons. The van der Waals surface area contributed by atoms with Crippen molar-refractivity contribution in [2.75, 3.05) is 11.9 Å². The Hall–Kier alpha value is -2.21. The number of hydrazone groups is 1. The average molecular weight is 350 g/mol. The summed E-state index contributed by atoms with van der Waals surface area (Å²) in [5, 5.41) is 6.67. The van der Waals surface area contributed by atoms with Gasteiger partial charge >= 0.3 is 0 Å². The number of carbonyl (C=O) groups is 1. The Morgan fingerprint density at radius 1 is 1.19 bits per heavy atom. The van der Waals surface area contributed by atoms with Gasteiger partial charge in [0.15, 0.2) is 0 Å². The van der Waals surface area contributed by atoms with Crippen molar-refractivity contribution in [2.24, 2.45) is 5.10 Å². The molecule has 0 fully saturated rings. The maximum atomic E-state index is 13.3. The van der Waals surface area contributed by atoms with E-state index in [9.17, 15) is 9.18 Å². The second kappa shape index (κ2) is 7.54. The molecule has 0 bridgehead atoms. The molecule has 6 heteroatoms. The summed E-state index contributed by atoms with van der Waals surface area (Å²) in [4.78, 5) is 11.6. The predicted octanol–water partition coefficient (Wildman–Crippen LogP) is 3.15. The molecule has 0 unspecified atom stereocenters. The first-order chi connectivity index (χ1) is 10.1. The molecule has 0 saturated carbocycles. The summed E-state index contributed by atoms with van der Waals surface area (Å²) in [5.74, 6) is -0.700. The van der Waals surface area contributed by atoms with Crippen LogP contribution in [-0.4, -0.2) is 18.7 Å². The number of nitrogens with zero attached hydrogens (tertiary/aromatic N) is 1. The van der Waals surface area contributed by atoms with Gasteiger partial charge < -0.3 is 5.32 Å². The summed E-state index contributed by atoms with van der Waals surface area (Å²) in [6.45, 7) is 0.0796. The molecule has 0 spiro atoms. The highest BCUT2D eigenvalue weighted by Gasteiger charge is 2.00. The lowest BCUT2D eigenvalue weighted by atomic mass is 10.2. The smallest absolute Gasteiger partial charge is 0.259 e. The molecule has 0 atom stereocenters. The van der Waals surface area contributed by atoms with Crippen LogP contribution in [0.4, 0.5) is 10.1 Å². The number of carbonyl (C=O) groups excluding carboxylic acids is 1. The number of amides is 1. The standard InChI is InChI=1S/C15H13BrFN3O/c16-12-5-7-13(8-6-12)18-10-15(21)20-19-9-11-3-1-2-4-14(11)17/h1-9,18H,10H2,(H,20,21). The third-order valence-electron chi connectivity index (χ3n) is 2.60. The van der Waals surface area contributed by atoms with Crippen LogP contribution in [0.5, 0.6) is 0 Å². The molecule has 0 radical (unpaired) electrons. The number of rotatable bonds is 5. The molecule has 0 heterocycles. The minimum Gasteiger partial charge on any atom is -0.376 e. The highest BCUT2D eigenvalue weighted by atomic mass is 79.9. The number of halogens is 2. The molecule has 0 saturated heterocycles. The zero-order valence-corrected chi connectivity index (χ0v) is 12.6. The second-order valence-electron chi connectivity index (χ2n) is 4.18. The molecule has 0 aliphatic heterocycles. The van der Waals surface area contributed by atoms with Crippen LogP contribution in [0.2, 0.25) is 0 Å². The fraction of sp³-hybridized carbons (Fsp3) is 0.0667. The van der Waals surface area contributed by atoms with Gasteiger partial charge in [-0.3, -0.25) is 4.79 Å². The molecule has 2 aromatic rings. The minimum atomic E-state index is -0.386. The Balaban J connectivity index is 1.80. The maximum absolute atomic E-state index is 13.3. The van der Waals surface area contributed by atoms with Crippen LogP contribution >= 0.6 is 15.9 Å².